The highest BCUT2D eigenvalue weighted by Gasteiger charge is 2.23. The number of aryl methyl sites for hydroxylation is 1. The fraction of sp³-hybridized carbons (Fsp3) is 0.533. The van der Waals surface area contributed by atoms with Crippen molar-refractivity contribution in [3.8, 4) is 0 Å². The molecule has 0 spiro atoms. The lowest BCUT2D eigenvalue weighted by atomic mass is 9.89. The van der Waals surface area contributed by atoms with Crippen LogP contribution in [-0.4, -0.2) is 42.8 Å². The molecule has 0 unspecified atom stereocenters. The van der Waals surface area contributed by atoms with Gasteiger partial charge in [0.1, 0.15) is 0 Å². The number of fused-ring (bicyclic) bond motifs is 3. The van der Waals surface area contributed by atoms with Gasteiger partial charge in [-0.1, -0.05) is 27.7 Å². The average molecular weight is 510 g/mol. The van der Waals surface area contributed by atoms with E-state index in [9.17, 15) is 9.59 Å². The Morgan fingerprint density at radius 3 is 1.51 bits per heavy atom. The Balaban J connectivity index is 1.87. The zero-order valence-electron chi connectivity index (χ0n) is 23.1. The lowest BCUT2D eigenvalue weighted by Crippen LogP contribution is -2.23. The lowest BCUT2D eigenvalue weighted by Gasteiger charge is -2.23. The van der Waals surface area contributed by atoms with Crippen LogP contribution in [0.25, 0.3) is 21.8 Å². The van der Waals surface area contributed by atoms with Gasteiger partial charge in [0, 0.05) is 28.4 Å². The molecule has 0 amide bonds. The highest BCUT2D eigenvalue weighted by Crippen LogP contribution is 2.32. The highest BCUT2D eigenvalue weighted by atomic mass is 16.5. The molecule has 0 radical (unpaired) electrons. The van der Waals surface area contributed by atoms with Gasteiger partial charge in [0.25, 0.3) is 0 Å². The molecule has 0 bridgehead atoms. The molecule has 4 N–H and O–H groups in total. The number of nitrogens with two attached hydrogens (primary N) is 2. The van der Waals surface area contributed by atoms with Crippen LogP contribution in [0.2, 0.25) is 0 Å². The Morgan fingerprint density at radius 1 is 0.757 bits per heavy atom. The van der Waals surface area contributed by atoms with E-state index in [-0.39, 0.29) is 22.8 Å². The Kier molecular flexibility index (Phi) is 9.37. The second kappa shape index (κ2) is 12.1. The molecule has 0 saturated heterocycles. The van der Waals surface area contributed by atoms with Crippen LogP contribution in [0.4, 0.5) is 0 Å². The number of carbonyl (C=O) groups excluding carboxylic acids is 2. The summed E-state index contributed by atoms with van der Waals surface area (Å²) in [6, 6.07) is 11.2. The van der Waals surface area contributed by atoms with Gasteiger partial charge >= 0.3 is 11.9 Å². The minimum Gasteiger partial charge on any atom is -0.462 e. The maximum Gasteiger partial charge on any atom is 0.338 e. The Bertz CT molecular complexity index is 1150. The molecular weight excluding hydrogens is 466 g/mol. The van der Waals surface area contributed by atoms with Crippen LogP contribution in [0.15, 0.2) is 36.4 Å². The van der Waals surface area contributed by atoms with E-state index in [0.717, 1.165) is 54.0 Å². The van der Waals surface area contributed by atoms with Crippen molar-refractivity contribution in [2.75, 3.05) is 26.3 Å². The van der Waals surface area contributed by atoms with E-state index >= 15 is 0 Å². The van der Waals surface area contributed by atoms with Gasteiger partial charge in [0.05, 0.1) is 24.3 Å². The fourth-order valence-corrected chi connectivity index (χ4v) is 4.69. The molecule has 0 aliphatic carbocycles. The number of rotatable bonds is 13. The molecule has 1 heterocycles. The molecule has 0 saturated carbocycles. The van der Waals surface area contributed by atoms with Crippen molar-refractivity contribution in [1.82, 2.24) is 4.57 Å². The number of benzene rings is 2. The minimum atomic E-state index is -0.351. The normalized spacial score (nSPS) is 12.3. The summed E-state index contributed by atoms with van der Waals surface area (Å²) in [6.07, 6.45) is 3.57. The molecule has 2 aromatic carbocycles. The number of aromatic nitrogens is 1. The molecule has 37 heavy (non-hydrogen) atoms. The first kappa shape index (κ1) is 28.7. The fourth-order valence-electron chi connectivity index (χ4n) is 4.69. The Labute approximate surface area is 220 Å². The predicted octanol–water partition coefficient (Wildman–Crippen LogP) is 5.66. The van der Waals surface area contributed by atoms with Gasteiger partial charge in [-0.05, 0) is 92.9 Å². The van der Waals surface area contributed by atoms with Crippen LogP contribution in [0.3, 0.4) is 0 Å². The molecule has 202 valence electrons. The third-order valence-electron chi connectivity index (χ3n) is 6.96. The summed E-state index contributed by atoms with van der Waals surface area (Å²) in [6.45, 7) is 13.1. The second-order valence-electron chi connectivity index (χ2n) is 11.5. The van der Waals surface area contributed by atoms with Crippen LogP contribution in [0.1, 0.15) is 81.0 Å². The molecule has 0 fully saturated rings. The molecule has 3 rings (SSSR count). The van der Waals surface area contributed by atoms with E-state index in [1.165, 1.54) is 0 Å². The number of nitrogens with zero attached hydrogens (tertiary/aromatic N) is 1. The highest BCUT2D eigenvalue weighted by molar-refractivity contribution is 6.12. The summed E-state index contributed by atoms with van der Waals surface area (Å²) in [5, 5.41) is 1.82. The molecule has 7 heteroatoms. The smallest absolute Gasteiger partial charge is 0.338 e. The van der Waals surface area contributed by atoms with E-state index in [1.54, 1.807) is 12.1 Å². The van der Waals surface area contributed by atoms with Crippen LogP contribution in [0.5, 0.6) is 0 Å². The standard InChI is InChI=1S/C30H43N3O4/c1-6-33-25-11-9-21(27(34)36-19-29(2,3)13-7-15-31)17-23(25)24-18-22(10-12-26(24)33)28(35)37-20-30(4,5)14-8-16-32/h9-12,17-18H,6-8,13-16,19-20,31-32H2,1-5H3. The van der Waals surface area contributed by atoms with Crippen molar-refractivity contribution >= 4 is 33.7 Å². The van der Waals surface area contributed by atoms with Crippen molar-refractivity contribution in [3.05, 3.63) is 47.5 Å². The Morgan fingerprint density at radius 2 is 1.16 bits per heavy atom. The minimum absolute atomic E-state index is 0.133. The van der Waals surface area contributed by atoms with Crippen LogP contribution in [0, 0.1) is 10.8 Å². The quantitative estimate of drug-likeness (QED) is 0.288. The predicted molar refractivity (Wildman–Crippen MR) is 150 cm³/mol. The average Bonchev–Trinajstić information content (AvgIpc) is 3.20. The maximum atomic E-state index is 12.9. The van der Waals surface area contributed by atoms with E-state index in [1.807, 2.05) is 24.3 Å². The van der Waals surface area contributed by atoms with Crippen LogP contribution in [-0.2, 0) is 16.0 Å². The zero-order chi connectivity index (χ0) is 27.2. The number of carbonyl (C=O) groups is 2. The van der Waals surface area contributed by atoms with Gasteiger partial charge in [-0.15, -0.1) is 0 Å². The van der Waals surface area contributed by atoms with Gasteiger partial charge in [-0.3, -0.25) is 0 Å². The van der Waals surface area contributed by atoms with E-state index in [0.29, 0.717) is 37.4 Å². The van der Waals surface area contributed by atoms with Crippen molar-refractivity contribution in [3.63, 3.8) is 0 Å². The van der Waals surface area contributed by atoms with Gasteiger partial charge in [0.2, 0.25) is 0 Å². The monoisotopic (exact) mass is 509 g/mol. The van der Waals surface area contributed by atoms with Crippen LogP contribution >= 0.6 is 0 Å². The number of ether oxygens (including phenoxy) is 2. The SMILES string of the molecule is CCn1c2ccc(C(=O)OCC(C)(C)CCCN)cc2c2cc(C(=O)OCC(C)(C)CCCN)ccc21. The van der Waals surface area contributed by atoms with Crippen molar-refractivity contribution < 1.29 is 19.1 Å². The molecular formula is C30H43N3O4. The topological polar surface area (TPSA) is 110 Å². The van der Waals surface area contributed by atoms with Crippen LogP contribution < -0.4 is 11.5 Å². The van der Waals surface area contributed by atoms with E-state index in [4.69, 9.17) is 20.9 Å². The summed E-state index contributed by atoms with van der Waals surface area (Å²) >= 11 is 0. The van der Waals surface area contributed by atoms with E-state index in [2.05, 4.69) is 39.2 Å². The van der Waals surface area contributed by atoms with Crippen molar-refractivity contribution in [1.29, 1.82) is 0 Å². The molecule has 1 aromatic heterocycles. The zero-order valence-corrected chi connectivity index (χ0v) is 23.1. The van der Waals surface area contributed by atoms with Gasteiger partial charge in [0.15, 0.2) is 0 Å². The molecule has 0 aliphatic rings. The Hall–Kier alpha value is -2.90. The first-order valence-electron chi connectivity index (χ1n) is 13.3. The summed E-state index contributed by atoms with van der Waals surface area (Å²) in [5.41, 5.74) is 14.0. The lowest BCUT2D eigenvalue weighted by molar-refractivity contribution is 0.0319. The summed E-state index contributed by atoms with van der Waals surface area (Å²) in [4.78, 5) is 25.8. The first-order chi connectivity index (χ1) is 17.5. The molecule has 0 aliphatic heterocycles. The number of esters is 2. The van der Waals surface area contributed by atoms with Crippen molar-refractivity contribution in [2.45, 2.75) is 66.8 Å². The molecule has 0 atom stereocenters. The number of hydrogen-bond acceptors (Lipinski definition) is 6. The third-order valence-corrected chi connectivity index (χ3v) is 6.96. The molecule has 7 nitrogen and oxygen atoms in total. The molecule has 3 aromatic rings. The maximum absolute atomic E-state index is 12.9. The first-order valence-corrected chi connectivity index (χ1v) is 13.3. The summed E-state index contributed by atoms with van der Waals surface area (Å²) in [5.74, 6) is -0.703. The number of hydrogen-bond donors (Lipinski definition) is 2. The summed E-state index contributed by atoms with van der Waals surface area (Å²) in [7, 11) is 0. The van der Waals surface area contributed by atoms with Crippen molar-refractivity contribution in [2.24, 2.45) is 22.3 Å². The second-order valence-corrected chi connectivity index (χ2v) is 11.5. The third kappa shape index (κ3) is 7.11. The van der Waals surface area contributed by atoms with E-state index < -0.39 is 0 Å². The van der Waals surface area contributed by atoms with Gasteiger partial charge in [-0.25, -0.2) is 9.59 Å². The van der Waals surface area contributed by atoms with Gasteiger partial charge < -0.3 is 25.5 Å². The largest absolute Gasteiger partial charge is 0.462 e. The summed E-state index contributed by atoms with van der Waals surface area (Å²) < 4.78 is 13.5. The van der Waals surface area contributed by atoms with Gasteiger partial charge in [-0.2, -0.15) is 0 Å².